The van der Waals surface area contributed by atoms with E-state index in [4.69, 9.17) is 9.41 Å². The average Bonchev–Trinajstić information content (AvgIpc) is 3.54. The van der Waals surface area contributed by atoms with Crippen molar-refractivity contribution in [2.75, 3.05) is 0 Å². The zero-order chi connectivity index (χ0) is 26.2. The van der Waals surface area contributed by atoms with Crippen molar-refractivity contribution >= 4 is 45.0 Å². The van der Waals surface area contributed by atoms with E-state index in [0.29, 0.717) is 26.4 Å². The number of furan rings is 1. The lowest BCUT2D eigenvalue weighted by atomic mass is 10.0. The molecule has 0 bridgehead atoms. The second-order valence-corrected chi connectivity index (χ2v) is 10.6. The highest BCUT2D eigenvalue weighted by Gasteiger charge is 2.22. The smallest absolute Gasteiger partial charge is 0.335 e. The normalized spacial score (nSPS) is 15.0. The fourth-order valence-electron chi connectivity index (χ4n) is 4.37. The molecular formula is C30H19BrN2O4S. The lowest BCUT2D eigenvalue weighted by Crippen LogP contribution is -2.36. The van der Waals surface area contributed by atoms with Crippen molar-refractivity contribution in [3.8, 4) is 11.3 Å². The lowest BCUT2D eigenvalue weighted by molar-refractivity contribution is 0.0697. The maximum absolute atomic E-state index is 13.6. The van der Waals surface area contributed by atoms with Gasteiger partial charge in [-0.1, -0.05) is 81.9 Å². The van der Waals surface area contributed by atoms with E-state index >= 15 is 0 Å². The van der Waals surface area contributed by atoms with Gasteiger partial charge >= 0.3 is 5.97 Å². The van der Waals surface area contributed by atoms with Crippen molar-refractivity contribution in [1.82, 2.24) is 4.57 Å². The van der Waals surface area contributed by atoms with Gasteiger partial charge in [-0.2, -0.15) is 0 Å². The molecule has 1 unspecified atom stereocenters. The molecule has 3 aromatic carbocycles. The lowest BCUT2D eigenvalue weighted by Gasteiger charge is -2.19. The minimum Gasteiger partial charge on any atom is -0.478 e. The van der Waals surface area contributed by atoms with E-state index in [2.05, 4.69) is 15.9 Å². The van der Waals surface area contributed by atoms with Crippen molar-refractivity contribution in [3.05, 3.63) is 144 Å². The zero-order valence-electron chi connectivity index (χ0n) is 19.7. The number of aromatic carboxylic acids is 1. The molecular weight excluding hydrogens is 564 g/mol. The minimum atomic E-state index is -1.00. The number of hydrogen-bond donors (Lipinski definition) is 1. The number of carboxylic acid groups (broad SMARTS) is 1. The summed E-state index contributed by atoms with van der Waals surface area (Å²) in [4.78, 5) is 30.4. The Balaban J connectivity index is 1.46. The standard InChI is InChI=1S/C30H19BrN2O4S/c31-22-11-9-19(10-12-22)25-17-24(18-5-2-1-3-6-18)32-30-33(25)28(34)27(38-30)16-23-13-14-26(37-23)20-7-4-8-21(15-20)29(35)36/h1-17,25H,(H,35,36). The van der Waals surface area contributed by atoms with Gasteiger partial charge < -0.3 is 9.52 Å². The van der Waals surface area contributed by atoms with E-state index in [1.807, 2.05) is 60.7 Å². The Morgan fingerprint density at radius 2 is 1.74 bits per heavy atom. The van der Waals surface area contributed by atoms with Crippen LogP contribution < -0.4 is 14.9 Å². The number of aromatic nitrogens is 1. The van der Waals surface area contributed by atoms with E-state index in [9.17, 15) is 14.7 Å². The fraction of sp³-hybridized carbons (Fsp3) is 0.0333. The van der Waals surface area contributed by atoms with Gasteiger partial charge in [-0.05, 0) is 53.6 Å². The molecule has 1 aliphatic heterocycles. The summed E-state index contributed by atoms with van der Waals surface area (Å²) in [5, 5.41) is 9.29. The highest BCUT2D eigenvalue weighted by Crippen LogP contribution is 2.28. The molecule has 0 fully saturated rings. The first-order chi connectivity index (χ1) is 18.5. The molecule has 1 N–H and O–H groups in total. The van der Waals surface area contributed by atoms with Crippen LogP contribution in [0.25, 0.3) is 23.1 Å². The van der Waals surface area contributed by atoms with Gasteiger partial charge in [-0.3, -0.25) is 9.36 Å². The predicted octanol–water partition coefficient (Wildman–Crippen LogP) is 5.72. The van der Waals surface area contributed by atoms with Crippen LogP contribution in [0.4, 0.5) is 0 Å². The Labute approximate surface area is 229 Å². The molecule has 0 saturated heterocycles. The molecule has 186 valence electrons. The molecule has 5 aromatic rings. The van der Waals surface area contributed by atoms with Crippen LogP contribution in [-0.2, 0) is 0 Å². The molecule has 0 amide bonds. The SMILES string of the molecule is O=C(O)c1cccc(-c2ccc(C=c3sc4n(c3=O)C(c3ccc(Br)cc3)C=C(c3ccccc3)N=4)o2)c1. The van der Waals surface area contributed by atoms with E-state index in [-0.39, 0.29) is 17.2 Å². The topological polar surface area (TPSA) is 84.8 Å². The molecule has 38 heavy (non-hydrogen) atoms. The number of carbonyl (C=O) groups is 1. The minimum absolute atomic E-state index is 0.157. The number of rotatable bonds is 5. The van der Waals surface area contributed by atoms with Crippen molar-refractivity contribution in [2.45, 2.75) is 6.04 Å². The van der Waals surface area contributed by atoms with Gasteiger partial charge in [0.05, 0.1) is 21.8 Å². The molecule has 6 rings (SSSR count). The highest BCUT2D eigenvalue weighted by atomic mass is 79.9. The van der Waals surface area contributed by atoms with Crippen molar-refractivity contribution < 1.29 is 14.3 Å². The van der Waals surface area contributed by atoms with Crippen molar-refractivity contribution in [2.24, 2.45) is 4.99 Å². The van der Waals surface area contributed by atoms with Gasteiger partial charge in [0.15, 0.2) is 4.80 Å². The summed E-state index contributed by atoms with van der Waals surface area (Å²) in [6.45, 7) is 0. The summed E-state index contributed by atoms with van der Waals surface area (Å²) in [7, 11) is 0. The largest absolute Gasteiger partial charge is 0.478 e. The van der Waals surface area contributed by atoms with E-state index in [0.717, 1.165) is 21.3 Å². The second-order valence-electron chi connectivity index (χ2n) is 8.68. The summed E-state index contributed by atoms with van der Waals surface area (Å²) >= 11 is 4.80. The fourth-order valence-corrected chi connectivity index (χ4v) is 5.63. The Kier molecular flexibility index (Phi) is 6.27. The Hall–Kier alpha value is -4.27. The first kappa shape index (κ1) is 24.1. The molecule has 8 heteroatoms. The molecule has 3 heterocycles. The number of nitrogens with zero attached hydrogens (tertiary/aromatic N) is 2. The molecule has 0 radical (unpaired) electrons. The van der Waals surface area contributed by atoms with Crippen LogP contribution in [0.15, 0.2) is 116 Å². The van der Waals surface area contributed by atoms with E-state index < -0.39 is 5.97 Å². The summed E-state index contributed by atoms with van der Waals surface area (Å²) in [5.74, 6) is 0.00891. The first-order valence-corrected chi connectivity index (χ1v) is 13.4. The molecule has 1 atom stereocenters. The summed E-state index contributed by atoms with van der Waals surface area (Å²) < 4.78 is 9.14. The van der Waals surface area contributed by atoms with Crippen LogP contribution in [0.3, 0.4) is 0 Å². The molecule has 2 aromatic heterocycles. The molecule has 0 spiro atoms. The monoisotopic (exact) mass is 582 g/mol. The van der Waals surface area contributed by atoms with Gasteiger partial charge in [-0.15, -0.1) is 0 Å². The third-order valence-corrected chi connectivity index (χ3v) is 7.73. The van der Waals surface area contributed by atoms with Crippen LogP contribution >= 0.6 is 27.3 Å². The molecule has 6 nitrogen and oxygen atoms in total. The number of thiazole rings is 1. The Morgan fingerprint density at radius 3 is 2.50 bits per heavy atom. The second kappa shape index (κ2) is 9.89. The maximum atomic E-state index is 13.6. The molecule has 1 aliphatic rings. The van der Waals surface area contributed by atoms with Gasteiger partial charge in [0.25, 0.3) is 5.56 Å². The number of halogens is 1. The average molecular weight is 583 g/mol. The quantitative estimate of drug-likeness (QED) is 0.287. The molecule has 0 aliphatic carbocycles. The first-order valence-electron chi connectivity index (χ1n) is 11.7. The van der Waals surface area contributed by atoms with Gasteiger partial charge in [0.1, 0.15) is 11.5 Å². The third-order valence-electron chi connectivity index (χ3n) is 6.22. The number of hydrogen-bond acceptors (Lipinski definition) is 5. The third kappa shape index (κ3) is 4.60. The van der Waals surface area contributed by atoms with Gasteiger partial charge in [0, 0.05) is 16.1 Å². The highest BCUT2D eigenvalue weighted by molar-refractivity contribution is 9.10. The maximum Gasteiger partial charge on any atom is 0.335 e. The zero-order valence-corrected chi connectivity index (χ0v) is 22.1. The van der Waals surface area contributed by atoms with Gasteiger partial charge in [0.2, 0.25) is 0 Å². The van der Waals surface area contributed by atoms with Crippen LogP contribution in [0, 0.1) is 0 Å². The van der Waals surface area contributed by atoms with Crippen molar-refractivity contribution in [1.29, 1.82) is 0 Å². The predicted molar refractivity (Wildman–Crippen MR) is 151 cm³/mol. The summed E-state index contributed by atoms with van der Waals surface area (Å²) in [6, 6.07) is 27.6. The Morgan fingerprint density at radius 1 is 0.974 bits per heavy atom. The van der Waals surface area contributed by atoms with Crippen LogP contribution in [0.5, 0.6) is 0 Å². The summed E-state index contributed by atoms with van der Waals surface area (Å²) in [6.07, 6.45) is 3.73. The van der Waals surface area contributed by atoms with Crippen LogP contribution in [0.1, 0.15) is 33.3 Å². The number of benzene rings is 3. The van der Waals surface area contributed by atoms with E-state index in [1.54, 1.807) is 41.0 Å². The summed E-state index contributed by atoms with van der Waals surface area (Å²) in [5.41, 5.74) is 3.43. The number of carboxylic acids is 1. The number of allylic oxidation sites excluding steroid dienone is 1. The molecule has 0 saturated carbocycles. The Bertz CT molecular complexity index is 1880. The van der Waals surface area contributed by atoms with Crippen LogP contribution in [-0.4, -0.2) is 15.6 Å². The van der Waals surface area contributed by atoms with Crippen molar-refractivity contribution in [3.63, 3.8) is 0 Å². The number of fused-ring (bicyclic) bond motifs is 1. The van der Waals surface area contributed by atoms with Gasteiger partial charge in [-0.25, -0.2) is 9.79 Å². The van der Waals surface area contributed by atoms with Crippen LogP contribution in [0.2, 0.25) is 0 Å². The van der Waals surface area contributed by atoms with E-state index in [1.165, 1.54) is 17.4 Å².